The van der Waals surface area contributed by atoms with Gasteiger partial charge in [0.1, 0.15) is 11.5 Å². The lowest BCUT2D eigenvalue weighted by Crippen LogP contribution is -2.43. The number of carbonyl (C=O) groups excluding carboxylic acids is 1. The number of methoxy groups -OCH3 is 2. The van der Waals surface area contributed by atoms with Crippen LogP contribution in [0.2, 0.25) is 0 Å². The second-order valence-corrected chi connectivity index (χ2v) is 8.53. The van der Waals surface area contributed by atoms with Crippen LogP contribution in [0.4, 0.5) is 5.69 Å². The predicted octanol–water partition coefficient (Wildman–Crippen LogP) is 2.74. The fourth-order valence-electron chi connectivity index (χ4n) is 3.19. The average molecular weight is 404 g/mol. The molecule has 0 spiro atoms. The first kappa shape index (κ1) is 20.2. The minimum atomic E-state index is -3.65. The first-order valence-corrected chi connectivity index (χ1v) is 10.5. The van der Waals surface area contributed by atoms with Crippen molar-refractivity contribution in [1.82, 2.24) is 4.31 Å². The molecule has 1 atom stereocenters. The van der Waals surface area contributed by atoms with Crippen LogP contribution in [0, 0.1) is 5.92 Å². The van der Waals surface area contributed by atoms with Crippen LogP contribution in [-0.2, 0) is 14.8 Å². The van der Waals surface area contributed by atoms with E-state index in [1.54, 1.807) is 43.5 Å². The molecule has 1 heterocycles. The van der Waals surface area contributed by atoms with Crippen LogP contribution < -0.4 is 14.8 Å². The summed E-state index contributed by atoms with van der Waals surface area (Å²) in [6, 6.07) is 13.3. The number of hydrogen-bond donors (Lipinski definition) is 1. The number of nitrogens with zero attached hydrogens (tertiary/aromatic N) is 1. The Labute approximate surface area is 165 Å². The van der Waals surface area contributed by atoms with Gasteiger partial charge in [0.2, 0.25) is 15.9 Å². The number of piperidine rings is 1. The molecule has 0 bridgehead atoms. The third-order valence-electron chi connectivity index (χ3n) is 4.81. The van der Waals surface area contributed by atoms with E-state index in [4.69, 9.17) is 9.47 Å². The third-order valence-corrected chi connectivity index (χ3v) is 6.69. The zero-order valence-corrected chi connectivity index (χ0v) is 16.7. The number of benzene rings is 2. The summed E-state index contributed by atoms with van der Waals surface area (Å²) < 4.78 is 37.4. The summed E-state index contributed by atoms with van der Waals surface area (Å²) in [5.74, 6) is 0.713. The molecule has 150 valence electrons. The number of sulfonamides is 1. The molecule has 0 unspecified atom stereocenters. The van der Waals surface area contributed by atoms with Crippen LogP contribution in [-0.4, -0.2) is 45.9 Å². The second kappa shape index (κ2) is 8.62. The summed E-state index contributed by atoms with van der Waals surface area (Å²) in [5.41, 5.74) is 0.654. The Hall–Kier alpha value is -2.58. The van der Waals surface area contributed by atoms with Crippen molar-refractivity contribution in [2.45, 2.75) is 17.7 Å². The van der Waals surface area contributed by atoms with Gasteiger partial charge >= 0.3 is 0 Å². The molecule has 2 aromatic carbocycles. The van der Waals surface area contributed by atoms with E-state index in [1.165, 1.54) is 23.5 Å². The van der Waals surface area contributed by atoms with Gasteiger partial charge in [-0.1, -0.05) is 0 Å². The van der Waals surface area contributed by atoms with Crippen molar-refractivity contribution >= 4 is 21.6 Å². The van der Waals surface area contributed by atoms with Gasteiger partial charge in [-0.2, -0.15) is 4.31 Å². The quantitative estimate of drug-likeness (QED) is 0.800. The van der Waals surface area contributed by atoms with E-state index in [9.17, 15) is 13.2 Å². The van der Waals surface area contributed by atoms with E-state index in [0.717, 1.165) is 0 Å². The van der Waals surface area contributed by atoms with Gasteiger partial charge in [0.05, 0.1) is 25.0 Å². The summed E-state index contributed by atoms with van der Waals surface area (Å²) in [4.78, 5) is 12.8. The number of rotatable bonds is 6. The molecule has 0 saturated carbocycles. The highest BCUT2D eigenvalue weighted by Gasteiger charge is 2.33. The fourth-order valence-corrected chi connectivity index (χ4v) is 4.71. The van der Waals surface area contributed by atoms with Gasteiger partial charge in [-0.3, -0.25) is 4.79 Å². The highest BCUT2D eigenvalue weighted by atomic mass is 32.2. The summed E-state index contributed by atoms with van der Waals surface area (Å²) in [5, 5.41) is 2.86. The number of anilines is 1. The van der Waals surface area contributed by atoms with E-state index in [1.807, 2.05) is 0 Å². The van der Waals surface area contributed by atoms with Crippen molar-refractivity contribution in [2.24, 2.45) is 5.92 Å². The Morgan fingerprint density at radius 3 is 2.14 bits per heavy atom. The molecule has 1 saturated heterocycles. The number of amides is 1. The summed E-state index contributed by atoms with van der Waals surface area (Å²) in [6.07, 6.45) is 1.28. The Bertz CT molecular complexity index is 911. The molecule has 7 nitrogen and oxygen atoms in total. The van der Waals surface area contributed by atoms with Gasteiger partial charge in [-0.05, 0) is 61.4 Å². The smallest absolute Gasteiger partial charge is 0.243 e. The van der Waals surface area contributed by atoms with E-state index in [2.05, 4.69) is 5.32 Å². The summed E-state index contributed by atoms with van der Waals surface area (Å²) >= 11 is 0. The Morgan fingerprint density at radius 2 is 1.57 bits per heavy atom. The topological polar surface area (TPSA) is 84.9 Å². The first-order valence-electron chi connectivity index (χ1n) is 9.03. The Balaban J connectivity index is 1.68. The van der Waals surface area contributed by atoms with Crippen LogP contribution >= 0.6 is 0 Å². The molecule has 1 fully saturated rings. The number of carbonyl (C=O) groups is 1. The lowest BCUT2D eigenvalue weighted by molar-refractivity contribution is -0.120. The van der Waals surface area contributed by atoms with Crippen molar-refractivity contribution in [1.29, 1.82) is 0 Å². The molecule has 3 rings (SSSR count). The minimum Gasteiger partial charge on any atom is -0.497 e. The largest absolute Gasteiger partial charge is 0.497 e. The highest BCUT2D eigenvalue weighted by Crippen LogP contribution is 2.26. The van der Waals surface area contributed by atoms with E-state index >= 15 is 0 Å². The Kier molecular flexibility index (Phi) is 6.21. The fraction of sp³-hybridized carbons (Fsp3) is 0.350. The van der Waals surface area contributed by atoms with Crippen LogP contribution in [0.3, 0.4) is 0 Å². The normalized spacial score (nSPS) is 17.7. The van der Waals surface area contributed by atoms with Crippen molar-refractivity contribution in [3.05, 3.63) is 48.5 Å². The van der Waals surface area contributed by atoms with Gasteiger partial charge < -0.3 is 14.8 Å². The Morgan fingerprint density at radius 1 is 1.00 bits per heavy atom. The van der Waals surface area contributed by atoms with Crippen molar-refractivity contribution < 1.29 is 22.7 Å². The van der Waals surface area contributed by atoms with Crippen LogP contribution in [0.15, 0.2) is 53.4 Å². The number of nitrogens with one attached hydrogen (secondary N) is 1. The van der Waals surface area contributed by atoms with Crippen LogP contribution in [0.1, 0.15) is 12.8 Å². The molecule has 1 aliphatic heterocycles. The first-order chi connectivity index (χ1) is 13.4. The lowest BCUT2D eigenvalue weighted by Gasteiger charge is -2.31. The SMILES string of the molecule is COc1ccc(NC(=O)[C@@H]2CCCN(S(=O)(=O)c3ccc(OC)cc3)C2)cc1. The highest BCUT2D eigenvalue weighted by molar-refractivity contribution is 7.89. The van der Waals surface area contributed by atoms with Gasteiger partial charge in [0.25, 0.3) is 0 Å². The lowest BCUT2D eigenvalue weighted by atomic mass is 9.99. The van der Waals surface area contributed by atoms with Crippen molar-refractivity contribution in [2.75, 3.05) is 32.6 Å². The molecule has 8 heteroatoms. The summed E-state index contributed by atoms with van der Waals surface area (Å²) in [6.45, 7) is 0.566. The molecule has 0 aliphatic carbocycles. The maximum absolute atomic E-state index is 12.9. The maximum Gasteiger partial charge on any atom is 0.243 e. The molecule has 2 aromatic rings. The van der Waals surface area contributed by atoms with E-state index in [0.29, 0.717) is 36.6 Å². The van der Waals surface area contributed by atoms with Gasteiger partial charge in [-0.25, -0.2) is 8.42 Å². The maximum atomic E-state index is 12.9. The van der Waals surface area contributed by atoms with E-state index in [-0.39, 0.29) is 17.3 Å². The van der Waals surface area contributed by atoms with Gasteiger partial charge in [-0.15, -0.1) is 0 Å². The zero-order chi connectivity index (χ0) is 20.1. The minimum absolute atomic E-state index is 0.163. The molecule has 0 radical (unpaired) electrons. The monoisotopic (exact) mass is 404 g/mol. The van der Waals surface area contributed by atoms with Crippen LogP contribution in [0.5, 0.6) is 11.5 Å². The zero-order valence-electron chi connectivity index (χ0n) is 15.9. The van der Waals surface area contributed by atoms with Crippen molar-refractivity contribution in [3.63, 3.8) is 0 Å². The van der Waals surface area contributed by atoms with Gasteiger partial charge in [0, 0.05) is 18.8 Å². The predicted molar refractivity (Wildman–Crippen MR) is 106 cm³/mol. The average Bonchev–Trinajstić information content (AvgIpc) is 2.74. The number of ether oxygens (including phenoxy) is 2. The molecule has 1 amide bonds. The van der Waals surface area contributed by atoms with Gasteiger partial charge in [0.15, 0.2) is 0 Å². The molecule has 1 N–H and O–H groups in total. The number of hydrogen-bond acceptors (Lipinski definition) is 5. The van der Waals surface area contributed by atoms with Crippen molar-refractivity contribution in [3.8, 4) is 11.5 Å². The molecule has 1 aliphatic rings. The van der Waals surface area contributed by atoms with Crippen LogP contribution in [0.25, 0.3) is 0 Å². The third kappa shape index (κ3) is 4.45. The van der Waals surface area contributed by atoms with E-state index < -0.39 is 15.9 Å². The molecular formula is C20H24N2O5S. The molecule has 0 aromatic heterocycles. The second-order valence-electron chi connectivity index (χ2n) is 6.60. The molecular weight excluding hydrogens is 380 g/mol. The standard InChI is InChI=1S/C20H24N2O5S/c1-26-17-7-5-16(6-8-17)21-20(23)15-4-3-13-22(14-15)28(24,25)19-11-9-18(27-2)10-12-19/h5-12,15H,3-4,13-14H2,1-2H3,(H,21,23)/t15-/m1/s1. The summed E-state index contributed by atoms with van der Waals surface area (Å²) in [7, 11) is -0.549. The molecule has 28 heavy (non-hydrogen) atoms.